The van der Waals surface area contributed by atoms with Crippen LogP contribution in [-0.4, -0.2) is 25.2 Å². The van der Waals surface area contributed by atoms with Crippen LogP contribution in [0.25, 0.3) is 0 Å². The maximum absolute atomic E-state index is 12.9. The van der Waals surface area contributed by atoms with Crippen molar-refractivity contribution in [2.75, 3.05) is 13.2 Å². The Bertz CT molecular complexity index is 475. The fourth-order valence-corrected chi connectivity index (χ4v) is 2.73. The third-order valence-corrected chi connectivity index (χ3v) is 4.02. The minimum absolute atomic E-state index is 0.0828. The molecule has 0 saturated carbocycles. The molecule has 116 valence electrons. The zero-order chi connectivity index (χ0) is 15.1. The minimum Gasteiger partial charge on any atom is -0.378 e. The van der Waals surface area contributed by atoms with Crippen LogP contribution in [-0.2, 0) is 16.0 Å². The monoisotopic (exact) mass is 313 g/mol. The number of halogens is 2. The summed E-state index contributed by atoms with van der Waals surface area (Å²) >= 11 is 5.90. The molecule has 0 unspecified atom stereocenters. The van der Waals surface area contributed by atoms with E-state index in [4.69, 9.17) is 16.3 Å². The van der Waals surface area contributed by atoms with E-state index in [0.717, 1.165) is 32.3 Å². The summed E-state index contributed by atoms with van der Waals surface area (Å²) in [4.78, 5) is 11.8. The van der Waals surface area contributed by atoms with E-state index in [1.54, 1.807) is 6.07 Å². The van der Waals surface area contributed by atoms with Gasteiger partial charge < -0.3 is 10.1 Å². The highest BCUT2D eigenvalue weighted by Gasteiger charge is 2.14. The molecule has 1 aromatic rings. The van der Waals surface area contributed by atoms with E-state index in [9.17, 15) is 9.18 Å². The lowest BCUT2D eigenvalue weighted by Crippen LogP contribution is -2.26. The van der Waals surface area contributed by atoms with Crippen LogP contribution in [0.3, 0.4) is 0 Å². The molecule has 1 atom stereocenters. The summed E-state index contributed by atoms with van der Waals surface area (Å²) in [6.07, 6.45) is 6.00. The molecule has 21 heavy (non-hydrogen) atoms. The number of hydrogen-bond acceptors (Lipinski definition) is 2. The summed E-state index contributed by atoms with van der Waals surface area (Å²) < 4.78 is 18.5. The Labute approximate surface area is 129 Å². The molecule has 0 bridgehead atoms. The van der Waals surface area contributed by atoms with Gasteiger partial charge in [0, 0.05) is 18.2 Å². The van der Waals surface area contributed by atoms with Crippen molar-refractivity contribution in [1.82, 2.24) is 5.32 Å². The van der Waals surface area contributed by atoms with Gasteiger partial charge in [-0.15, -0.1) is 0 Å². The van der Waals surface area contributed by atoms with E-state index in [2.05, 4.69) is 5.32 Å². The van der Waals surface area contributed by atoms with Crippen LogP contribution in [0.15, 0.2) is 18.2 Å². The van der Waals surface area contributed by atoms with Crippen molar-refractivity contribution in [2.24, 2.45) is 0 Å². The van der Waals surface area contributed by atoms with Crippen molar-refractivity contribution in [2.45, 2.75) is 44.6 Å². The Balaban J connectivity index is 1.60. The zero-order valence-electron chi connectivity index (χ0n) is 12.0. The molecule has 1 fully saturated rings. The van der Waals surface area contributed by atoms with Gasteiger partial charge >= 0.3 is 0 Å². The zero-order valence-corrected chi connectivity index (χ0v) is 12.8. The Morgan fingerprint density at radius 1 is 1.43 bits per heavy atom. The van der Waals surface area contributed by atoms with Crippen LogP contribution in [0.5, 0.6) is 0 Å². The number of carbonyl (C=O) groups is 1. The van der Waals surface area contributed by atoms with Gasteiger partial charge in [-0.3, -0.25) is 4.79 Å². The van der Waals surface area contributed by atoms with Gasteiger partial charge in [-0.1, -0.05) is 17.7 Å². The SMILES string of the molecule is O=C(Cc1ccc(F)cc1Cl)NCCCC[C@H]1CCCO1. The highest BCUT2D eigenvalue weighted by Crippen LogP contribution is 2.18. The second kappa shape index (κ2) is 8.35. The second-order valence-electron chi connectivity index (χ2n) is 5.39. The summed E-state index contributed by atoms with van der Waals surface area (Å²) in [5, 5.41) is 3.16. The van der Waals surface area contributed by atoms with Crippen molar-refractivity contribution < 1.29 is 13.9 Å². The lowest BCUT2D eigenvalue weighted by Gasteiger charge is -2.09. The average Bonchev–Trinajstić information content (AvgIpc) is 2.95. The van der Waals surface area contributed by atoms with E-state index in [1.807, 2.05) is 0 Å². The second-order valence-corrected chi connectivity index (χ2v) is 5.80. The summed E-state index contributed by atoms with van der Waals surface area (Å²) in [5.74, 6) is -0.473. The number of benzene rings is 1. The predicted octanol–water partition coefficient (Wildman–Crippen LogP) is 3.49. The van der Waals surface area contributed by atoms with E-state index in [0.29, 0.717) is 23.2 Å². The topological polar surface area (TPSA) is 38.3 Å². The molecule has 1 saturated heterocycles. The number of hydrogen-bond donors (Lipinski definition) is 1. The van der Waals surface area contributed by atoms with Gasteiger partial charge in [-0.25, -0.2) is 4.39 Å². The largest absolute Gasteiger partial charge is 0.378 e. The van der Waals surface area contributed by atoms with Gasteiger partial charge in [-0.05, 0) is 49.8 Å². The Morgan fingerprint density at radius 3 is 3.00 bits per heavy atom. The van der Waals surface area contributed by atoms with Crippen LogP contribution in [0.1, 0.15) is 37.7 Å². The number of unbranched alkanes of at least 4 members (excludes halogenated alkanes) is 1. The lowest BCUT2D eigenvalue weighted by molar-refractivity contribution is -0.120. The Kier molecular flexibility index (Phi) is 6.46. The molecule has 3 nitrogen and oxygen atoms in total. The fraction of sp³-hybridized carbons (Fsp3) is 0.562. The third kappa shape index (κ3) is 5.64. The summed E-state index contributed by atoms with van der Waals surface area (Å²) in [5.41, 5.74) is 0.648. The summed E-state index contributed by atoms with van der Waals surface area (Å²) in [6, 6.07) is 4.09. The van der Waals surface area contributed by atoms with Crippen LogP contribution in [0, 0.1) is 5.82 Å². The van der Waals surface area contributed by atoms with E-state index in [-0.39, 0.29) is 12.3 Å². The molecule has 0 spiro atoms. The van der Waals surface area contributed by atoms with Crippen LogP contribution in [0.4, 0.5) is 4.39 Å². The molecule has 1 N–H and O–H groups in total. The molecule has 2 rings (SSSR count). The minimum atomic E-state index is -0.390. The van der Waals surface area contributed by atoms with Gasteiger partial charge in [0.25, 0.3) is 0 Å². The fourth-order valence-electron chi connectivity index (χ4n) is 2.50. The Morgan fingerprint density at radius 2 is 2.29 bits per heavy atom. The van der Waals surface area contributed by atoms with Crippen molar-refractivity contribution in [3.8, 4) is 0 Å². The molecule has 5 heteroatoms. The predicted molar refractivity (Wildman–Crippen MR) is 80.9 cm³/mol. The average molecular weight is 314 g/mol. The molecule has 0 radical (unpaired) electrons. The normalized spacial score (nSPS) is 17.9. The van der Waals surface area contributed by atoms with Crippen molar-refractivity contribution in [3.05, 3.63) is 34.6 Å². The van der Waals surface area contributed by atoms with Gasteiger partial charge in [0.1, 0.15) is 5.82 Å². The first-order valence-electron chi connectivity index (χ1n) is 7.47. The molecule has 0 aromatic heterocycles. The van der Waals surface area contributed by atoms with Crippen LogP contribution < -0.4 is 5.32 Å². The standard InChI is InChI=1S/C16H21ClFNO2/c17-15-11-13(18)7-6-12(15)10-16(20)19-8-2-1-4-14-5-3-9-21-14/h6-7,11,14H,1-5,8-10H2,(H,19,20)/t14-/m0/s1. The number of nitrogens with one attached hydrogen (secondary N) is 1. The van der Waals surface area contributed by atoms with Crippen molar-refractivity contribution in [3.63, 3.8) is 0 Å². The van der Waals surface area contributed by atoms with E-state index < -0.39 is 5.82 Å². The number of ether oxygens (including phenoxy) is 1. The molecular formula is C16H21ClFNO2. The molecule has 1 aromatic carbocycles. The maximum atomic E-state index is 12.9. The van der Waals surface area contributed by atoms with Crippen molar-refractivity contribution >= 4 is 17.5 Å². The summed E-state index contributed by atoms with van der Waals surface area (Å²) in [7, 11) is 0. The first-order chi connectivity index (χ1) is 10.1. The molecular weight excluding hydrogens is 293 g/mol. The molecule has 0 aliphatic carbocycles. The van der Waals surface area contributed by atoms with Gasteiger partial charge in [-0.2, -0.15) is 0 Å². The summed E-state index contributed by atoms with van der Waals surface area (Å²) in [6.45, 7) is 1.55. The van der Waals surface area contributed by atoms with Gasteiger partial charge in [0.15, 0.2) is 0 Å². The van der Waals surface area contributed by atoms with Crippen LogP contribution >= 0.6 is 11.6 Å². The number of amides is 1. The third-order valence-electron chi connectivity index (χ3n) is 3.67. The van der Waals surface area contributed by atoms with Gasteiger partial charge in [0.05, 0.1) is 12.5 Å². The Hall–Kier alpha value is -1.13. The van der Waals surface area contributed by atoms with E-state index >= 15 is 0 Å². The highest BCUT2D eigenvalue weighted by atomic mass is 35.5. The molecule has 1 aliphatic heterocycles. The molecule has 1 heterocycles. The lowest BCUT2D eigenvalue weighted by atomic mass is 10.1. The molecule has 1 amide bonds. The smallest absolute Gasteiger partial charge is 0.224 e. The maximum Gasteiger partial charge on any atom is 0.224 e. The van der Waals surface area contributed by atoms with E-state index in [1.165, 1.54) is 18.6 Å². The molecule has 1 aliphatic rings. The highest BCUT2D eigenvalue weighted by molar-refractivity contribution is 6.31. The van der Waals surface area contributed by atoms with Crippen LogP contribution in [0.2, 0.25) is 5.02 Å². The quantitative estimate of drug-likeness (QED) is 0.783. The number of carbonyl (C=O) groups excluding carboxylic acids is 1. The first kappa shape index (κ1) is 16.2. The number of rotatable bonds is 7. The van der Waals surface area contributed by atoms with Crippen molar-refractivity contribution in [1.29, 1.82) is 0 Å². The van der Waals surface area contributed by atoms with Gasteiger partial charge in [0.2, 0.25) is 5.91 Å². The first-order valence-corrected chi connectivity index (χ1v) is 7.85.